The second-order valence-electron chi connectivity index (χ2n) is 6.53. The third-order valence-electron chi connectivity index (χ3n) is 4.84. The van der Waals surface area contributed by atoms with Crippen LogP contribution in [0.3, 0.4) is 0 Å². The Labute approximate surface area is 146 Å². The van der Waals surface area contributed by atoms with Gasteiger partial charge in [-0.15, -0.1) is 14.8 Å². The molecule has 8 nitrogen and oxygen atoms in total. The molecule has 1 unspecified atom stereocenters. The summed E-state index contributed by atoms with van der Waals surface area (Å²) in [4.78, 5) is 9.19. The number of hydrogen-bond acceptors (Lipinski definition) is 7. The molecule has 1 atom stereocenters. The second-order valence-corrected chi connectivity index (χ2v) is 6.53. The van der Waals surface area contributed by atoms with E-state index in [-0.39, 0.29) is 0 Å². The number of fused-ring (bicyclic) bond motifs is 1. The van der Waals surface area contributed by atoms with Gasteiger partial charge in [0.25, 0.3) is 0 Å². The number of hydrogen-bond donors (Lipinski definition) is 0. The molecule has 1 aliphatic heterocycles. The van der Waals surface area contributed by atoms with Gasteiger partial charge < -0.3 is 4.90 Å². The first-order valence-corrected chi connectivity index (χ1v) is 8.70. The lowest BCUT2D eigenvalue weighted by atomic mass is 10.1. The molecule has 1 saturated heterocycles. The van der Waals surface area contributed by atoms with Gasteiger partial charge in [-0.3, -0.25) is 9.88 Å². The molecule has 0 spiro atoms. The predicted molar refractivity (Wildman–Crippen MR) is 94.1 cm³/mol. The fourth-order valence-electron chi connectivity index (χ4n) is 3.43. The third-order valence-corrected chi connectivity index (χ3v) is 4.84. The molecular weight excluding hydrogens is 316 g/mol. The predicted octanol–water partition coefficient (Wildman–Crippen LogP) is 1.41. The summed E-state index contributed by atoms with van der Waals surface area (Å²) < 4.78 is 1.49. The Kier molecular flexibility index (Phi) is 4.51. The first-order valence-electron chi connectivity index (χ1n) is 8.70. The summed E-state index contributed by atoms with van der Waals surface area (Å²) in [5.41, 5.74) is 1.79. The standard InChI is InChI=1S/C17H22N8/c1-23(13-14-5-2-3-10-18-14)15-6-4-11-24(12-9-15)17-8-7-16-19-21-22-25(16)20-17/h2-3,5,7-8,10,15H,4,6,9,11-13H2,1H3. The molecule has 1 aliphatic rings. The summed E-state index contributed by atoms with van der Waals surface area (Å²) in [6.45, 7) is 2.88. The zero-order valence-corrected chi connectivity index (χ0v) is 14.4. The minimum Gasteiger partial charge on any atom is -0.355 e. The van der Waals surface area contributed by atoms with Crippen molar-refractivity contribution < 1.29 is 0 Å². The molecule has 0 saturated carbocycles. The van der Waals surface area contributed by atoms with Crippen molar-refractivity contribution in [2.24, 2.45) is 0 Å². The number of aromatic nitrogens is 6. The number of tetrazole rings is 1. The van der Waals surface area contributed by atoms with E-state index in [4.69, 9.17) is 0 Å². The highest BCUT2D eigenvalue weighted by Crippen LogP contribution is 2.21. The van der Waals surface area contributed by atoms with Gasteiger partial charge in [-0.05, 0) is 61.0 Å². The maximum atomic E-state index is 4.52. The molecule has 1 fully saturated rings. The smallest absolute Gasteiger partial charge is 0.200 e. The monoisotopic (exact) mass is 338 g/mol. The van der Waals surface area contributed by atoms with E-state index in [0.29, 0.717) is 11.7 Å². The van der Waals surface area contributed by atoms with Gasteiger partial charge in [-0.1, -0.05) is 6.07 Å². The van der Waals surface area contributed by atoms with Gasteiger partial charge in [0.1, 0.15) is 0 Å². The van der Waals surface area contributed by atoms with Crippen LogP contribution in [-0.2, 0) is 6.54 Å². The lowest BCUT2D eigenvalue weighted by molar-refractivity contribution is 0.215. The zero-order valence-electron chi connectivity index (χ0n) is 14.4. The Balaban J connectivity index is 1.41. The Hall–Kier alpha value is -2.61. The first-order chi connectivity index (χ1) is 12.3. The second kappa shape index (κ2) is 7.10. The van der Waals surface area contributed by atoms with E-state index in [2.05, 4.69) is 48.5 Å². The molecule has 4 heterocycles. The number of rotatable bonds is 4. The van der Waals surface area contributed by atoms with Crippen molar-refractivity contribution in [2.45, 2.75) is 31.8 Å². The maximum Gasteiger partial charge on any atom is 0.200 e. The molecule has 3 aromatic rings. The fourth-order valence-corrected chi connectivity index (χ4v) is 3.43. The fraction of sp³-hybridized carbons (Fsp3) is 0.471. The lowest BCUT2D eigenvalue weighted by Crippen LogP contribution is -2.33. The van der Waals surface area contributed by atoms with Gasteiger partial charge in [0, 0.05) is 31.9 Å². The molecule has 0 bridgehead atoms. The highest BCUT2D eigenvalue weighted by Gasteiger charge is 2.21. The normalized spacial score (nSPS) is 18.6. The van der Waals surface area contributed by atoms with Crippen LogP contribution in [0.25, 0.3) is 5.65 Å². The van der Waals surface area contributed by atoms with Gasteiger partial charge in [-0.25, -0.2) is 0 Å². The maximum absolute atomic E-state index is 4.52. The number of anilines is 1. The Morgan fingerprint density at radius 2 is 2.12 bits per heavy atom. The van der Waals surface area contributed by atoms with Crippen LogP contribution in [0.4, 0.5) is 5.82 Å². The van der Waals surface area contributed by atoms with Gasteiger partial charge in [0.15, 0.2) is 11.5 Å². The van der Waals surface area contributed by atoms with E-state index in [9.17, 15) is 0 Å². The Morgan fingerprint density at radius 1 is 1.16 bits per heavy atom. The summed E-state index contributed by atoms with van der Waals surface area (Å²) in [6, 6.07) is 10.6. The van der Waals surface area contributed by atoms with Crippen LogP contribution in [0.15, 0.2) is 36.5 Å². The molecule has 130 valence electrons. The number of nitrogens with zero attached hydrogens (tertiary/aromatic N) is 8. The van der Waals surface area contributed by atoms with Gasteiger partial charge in [-0.2, -0.15) is 0 Å². The van der Waals surface area contributed by atoms with Crippen LogP contribution in [-0.4, -0.2) is 61.3 Å². The van der Waals surface area contributed by atoms with E-state index >= 15 is 0 Å². The molecular formula is C17H22N8. The topological polar surface area (TPSA) is 75.3 Å². The quantitative estimate of drug-likeness (QED) is 0.712. The summed E-state index contributed by atoms with van der Waals surface area (Å²) in [6.07, 6.45) is 5.30. The molecule has 8 heteroatoms. The SMILES string of the molecule is CN(Cc1ccccn1)C1CCCN(c2ccc3nnnn3n2)CC1. The van der Waals surface area contributed by atoms with E-state index in [1.165, 1.54) is 11.1 Å². The molecule has 0 aromatic carbocycles. The number of pyridine rings is 1. The molecule has 25 heavy (non-hydrogen) atoms. The highest BCUT2D eigenvalue weighted by atomic mass is 15.6. The average molecular weight is 338 g/mol. The van der Waals surface area contributed by atoms with Crippen molar-refractivity contribution in [1.29, 1.82) is 0 Å². The van der Waals surface area contributed by atoms with E-state index in [0.717, 1.165) is 44.0 Å². The summed E-state index contributed by atoms with van der Waals surface area (Å²) in [5.74, 6) is 0.938. The zero-order chi connectivity index (χ0) is 17.1. The highest BCUT2D eigenvalue weighted by molar-refractivity contribution is 5.44. The van der Waals surface area contributed by atoms with Crippen molar-refractivity contribution in [3.05, 3.63) is 42.2 Å². The van der Waals surface area contributed by atoms with Crippen molar-refractivity contribution in [2.75, 3.05) is 25.0 Å². The summed E-state index contributed by atoms with van der Waals surface area (Å²) >= 11 is 0. The molecule has 0 N–H and O–H groups in total. The Morgan fingerprint density at radius 3 is 3.00 bits per heavy atom. The van der Waals surface area contributed by atoms with Crippen LogP contribution >= 0.6 is 0 Å². The minimum atomic E-state index is 0.559. The lowest BCUT2D eigenvalue weighted by Gasteiger charge is -2.27. The van der Waals surface area contributed by atoms with Crippen molar-refractivity contribution >= 4 is 11.5 Å². The van der Waals surface area contributed by atoms with Crippen LogP contribution in [0.1, 0.15) is 25.0 Å². The molecule has 3 aromatic heterocycles. The van der Waals surface area contributed by atoms with Crippen molar-refractivity contribution in [3.63, 3.8) is 0 Å². The van der Waals surface area contributed by atoms with E-state index < -0.39 is 0 Å². The van der Waals surface area contributed by atoms with Crippen LogP contribution in [0.5, 0.6) is 0 Å². The van der Waals surface area contributed by atoms with Gasteiger partial charge >= 0.3 is 0 Å². The average Bonchev–Trinajstić information content (AvgIpc) is 2.97. The van der Waals surface area contributed by atoms with Crippen LogP contribution < -0.4 is 4.90 Å². The van der Waals surface area contributed by atoms with Crippen LogP contribution in [0, 0.1) is 0 Å². The van der Waals surface area contributed by atoms with Crippen molar-refractivity contribution in [3.8, 4) is 0 Å². The van der Waals surface area contributed by atoms with Crippen LogP contribution in [0.2, 0.25) is 0 Å². The molecule has 0 aliphatic carbocycles. The van der Waals surface area contributed by atoms with E-state index in [1.54, 1.807) is 0 Å². The van der Waals surface area contributed by atoms with Gasteiger partial charge in [0.2, 0.25) is 0 Å². The van der Waals surface area contributed by atoms with E-state index in [1.807, 2.05) is 30.5 Å². The first kappa shape index (κ1) is 15.9. The molecule has 0 radical (unpaired) electrons. The third kappa shape index (κ3) is 3.58. The largest absolute Gasteiger partial charge is 0.355 e. The van der Waals surface area contributed by atoms with Gasteiger partial charge in [0.05, 0.1) is 5.69 Å². The van der Waals surface area contributed by atoms with Crippen molar-refractivity contribution in [1.82, 2.24) is 35.1 Å². The molecule has 0 amide bonds. The molecule has 4 rings (SSSR count). The minimum absolute atomic E-state index is 0.559. The summed E-state index contributed by atoms with van der Waals surface area (Å²) in [5, 5.41) is 16.0. The summed E-state index contributed by atoms with van der Waals surface area (Å²) in [7, 11) is 2.19. The Bertz CT molecular complexity index is 818.